The number of amides is 1. The molecule has 0 atom stereocenters. The minimum absolute atomic E-state index is 0.342. The summed E-state index contributed by atoms with van der Waals surface area (Å²) in [5.41, 5.74) is 1.58. The number of anilines is 1. The maximum absolute atomic E-state index is 12.5. The summed E-state index contributed by atoms with van der Waals surface area (Å²) in [7, 11) is 0. The molecule has 1 N–H and O–H groups in total. The van der Waals surface area contributed by atoms with E-state index in [1.807, 2.05) is 19.1 Å². The van der Waals surface area contributed by atoms with E-state index >= 15 is 0 Å². The highest BCUT2D eigenvalue weighted by Crippen LogP contribution is 2.31. The number of carbonyl (C=O) groups is 1. The number of ether oxygens (including phenoxy) is 1. The van der Waals surface area contributed by atoms with Crippen LogP contribution < -0.4 is 20.5 Å². The summed E-state index contributed by atoms with van der Waals surface area (Å²) in [6.07, 6.45) is 2.82. The number of unbranched alkanes of at least 4 members (excludes halogenated alkanes) is 1. The van der Waals surface area contributed by atoms with Crippen LogP contribution in [-0.4, -0.2) is 61.4 Å². The molecular formula is C29H34N4O3S. The van der Waals surface area contributed by atoms with Crippen LogP contribution in [0, 0.1) is 0 Å². The predicted molar refractivity (Wildman–Crippen MR) is 153 cm³/mol. The normalized spacial score (nSPS) is 14.4. The first-order valence-electron chi connectivity index (χ1n) is 13.1. The Kier molecular flexibility index (Phi) is 8.06. The van der Waals surface area contributed by atoms with Crippen LogP contribution in [0.4, 0.5) is 10.5 Å². The van der Waals surface area contributed by atoms with Gasteiger partial charge in [-0.15, -0.1) is 11.3 Å². The van der Waals surface area contributed by atoms with Gasteiger partial charge in [0, 0.05) is 60.6 Å². The molecule has 2 aromatic carbocycles. The van der Waals surface area contributed by atoms with E-state index in [2.05, 4.69) is 44.8 Å². The second kappa shape index (κ2) is 11.8. The number of aromatic nitrogens is 1. The van der Waals surface area contributed by atoms with Crippen LogP contribution in [0.3, 0.4) is 0 Å². The van der Waals surface area contributed by atoms with Crippen molar-refractivity contribution in [3.63, 3.8) is 0 Å². The van der Waals surface area contributed by atoms with Gasteiger partial charge in [-0.25, -0.2) is 9.36 Å². The van der Waals surface area contributed by atoms with Crippen LogP contribution in [0.1, 0.15) is 26.2 Å². The summed E-state index contributed by atoms with van der Waals surface area (Å²) in [5.74, 6) is 0.673. The van der Waals surface area contributed by atoms with Crippen molar-refractivity contribution in [1.29, 1.82) is 0 Å². The fourth-order valence-electron chi connectivity index (χ4n) is 4.92. The first-order chi connectivity index (χ1) is 18.1. The van der Waals surface area contributed by atoms with Crippen molar-refractivity contribution >= 4 is 44.0 Å². The Bertz CT molecular complexity index is 1420. The van der Waals surface area contributed by atoms with E-state index < -0.39 is 6.03 Å². The maximum atomic E-state index is 12.5. The number of nitrogens with zero attached hydrogens (tertiary/aromatic N) is 3. The second-order valence-corrected chi connectivity index (χ2v) is 10.4. The van der Waals surface area contributed by atoms with Gasteiger partial charge >= 0.3 is 6.03 Å². The van der Waals surface area contributed by atoms with E-state index in [0.29, 0.717) is 24.4 Å². The van der Waals surface area contributed by atoms with Crippen molar-refractivity contribution in [3.8, 4) is 5.75 Å². The highest BCUT2D eigenvalue weighted by molar-refractivity contribution is 7.17. The van der Waals surface area contributed by atoms with E-state index in [4.69, 9.17) is 4.74 Å². The third kappa shape index (κ3) is 5.81. The molecule has 8 heteroatoms. The molecule has 1 aliphatic rings. The van der Waals surface area contributed by atoms with Crippen LogP contribution >= 0.6 is 11.3 Å². The Morgan fingerprint density at radius 3 is 2.70 bits per heavy atom. The molecule has 0 saturated carbocycles. The van der Waals surface area contributed by atoms with E-state index in [1.54, 1.807) is 23.5 Å². The van der Waals surface area contributed by atoms with E-state index in [-0.39, 0.29) is 5.56 Å². The fraction of sp³-hybridized carbons (Fsp3) is 0.379. The van der Waals surface area contributed by atoms with Crippen LogP contribution in [0.5, 0.6) is 5.75 Å². The first-order valence-corrected chi connectivity index (χ1v) is 14.0. The molecule has 1 amide bonds. The average molecular weight is 519 g/mol. The molecular weight excluding hydrogens is 484 g/mol. The molecule has 0 aliphatic carbocycles. The molecule has 37 heavy (non-hydrogen) atoms. The van der Waals surface area contributed by atoms with Crippen molar-refractivity contribution in [3.05, 3.63) is 70.3 Å². The number of piperazine rings is 1. The summed E-state index contributed by atoms with van der Waals surface area (Å²) < 4.78 is 8.54. The Morgan fingerprint density at radius 2 is 1.86 bits per heavy atom. The molecule has 1 aliphatic heterocycles. The lowest BCUT2D eigenvalue weighted by Gasteiger charge is -2.36. The van der Waals surface area contributed by atoms with Gasteiger partial charge in [0.05, 0.1) is 12.1 Å². The SMILES string of the molecule is CCCNC(=O)n1c(=O)ccc2ccc(OCCCCN3CCN(c4cccc5sccc45)CC3)cc21. The molecule has 1 saturated heterocycles. The zero-order valence-corrected chi connectivity index (χ0v) is 22.1. The smallest absolute Gasteiger partial charge is 0.329 e. The van der Waals surface area contributed by atoms with Gasteiger partial charge in [-0.1, -0.05) is 13.0 Å². The zero-order valence-electron chi connectivity index (χ0n) is 21.3. The van der Waals surface area contributed by atoms with Gasteiger partial charge in [0.15, 0.2) is 0 Å². The number of pyridine rings is 1. The molecule has 5 rings (SSSR count). The quantitative estimate of drug-likeness (QED) is 0.310. The topological polar surface area (TPSA) is 66.8 Å². The lowest BCUT2D eigenvalue weighted by atomic mass is 10.2. The summed E-state index contributed by atoms with van der Waals surface area (Å²) >= 11 is 1.80. The standard InChI is InChI=1S/C29H34N4O3S/c1-2-13-30-29(35)33-26-21-23(10-8-22(26)9-11-28(33)34)36-19-4-3-14-31-15-17-32(18-16-31)25-6-5-7-27-24(25)12-20-37-27/h5-12,20-21H,2-4,13-19H2,1H3,(H,30,35). The van der Waals surface area contributed by atoms with Crippen molar-refractivity contribution in [1.82, 2.24) is 14.8 Å². The van der Waals surface area contributed by atoms with Gasteiger partial charge in [-0.05, 0) is 73.0 Å². The van der Waals surface area contributed by atoms with Crippen molar-refractivity contribution in [2.45, 2.75) is 26.2 Å². The number of carbonyl (C=O) groups excluding carboxylic acids is 1. The minimum atomic E-state index is -0.401. The number of thiophene rings is 1. The maximum Gasteiger partial charge on any atom is 0.329 e. The number of hydrogen-bond acceptors (Lipinski definition) is 6. The third-order valence-electron chi connectivity index (χ3n) is 6.92. The number of benzene rings is 2. The molecule has 0 radical (unpaired) electrons. The molecule has 3 heterocycles. The number of rotatable bonds is 9. The number of fused-ring (bicyclic) bond motifs is 2. The summed E-state index contributed by atoms with van der Waals surface area (Å²) in [5, 5.41) is 7.15. The Balaban J connectivity index is 1.10. The largest absolute Gasteiger partial charge is 0.494 e. The van der Waals surface area contributed by atoms with E-state index in [9.17, 15) is 9.59 Å². The van der Waals surface area contributed by atoms with Crippen molar-refractivity contribution in [2.75, 3.05) is 50.8 Å². The van der Waals surface area contributed by atoms with Gasteiger partial charge < -0.3 is 15.0 Å². The summed E-state index contributed by atoms with van der Waals surface area (Å²) in [4.78, 5) is 30.0. The number of nitrogens with one attached hydrogen (secondary N) is 1. The molecule has 1 fully saturated rings. The Labute approximate surface area is 221 Å². The van der Waals surface area contributed by atoms with E-state index in [0.717, 1.165) is 57.4 Å². The lowest BCUT2D eigenvalue weighted by molar-refractivity contribution is 0.238. The van der Waals surface area contributed by atoms with Gasteiger partial charge in [0.1, 0.15) is 5.75 Å². The average Bonchev–Trinajstić information content (AvgIpc) is 3.41. The summed E-state index contributed by atoms with van der Waals surface area (Å²) in [6.45, 7) is 8.42. The van der Waals surface area contributed by atoms with Crippen LogP contribution in [0.2, 0.25) is 0 Å². The Hall–Kier alpha value is -3.36. The molecule has 0 bridgehead atoms. The molecule has 7 nitrogen and oxygen atoms in total. The molecule has 4 aromatic rings. The van der Waals surface area contributed by atoms with Gasteiger partial charge in [0.25, 0.3) is 5.56 Å². The van der Waals surface area contributed by atoms with Crippen LogP contribution in [0.25, 0.3) is 21.0 Å². The van der Waals surface area contributed by atoms with Gasteiger partial charge in [-0.3, -0.25) is 9.69 Å². The zero-order chi connectivity index (χ0) is 25.6. The highest BCUT2D eigenvalue weighted by Gasteiger charge is 2.18. The van der Waals surface area contributed by atoms with E-state index in [1.165, 1.54) is 26.4 Å². The number of hydrogen-bond donors (Lipinski definition) is 1. The monoisotopic (exact) mass is 518 g/mol. The molecule has 0 spiro atoms. The third-order valence-corrected chi connectivity index (χ3v) is 7.80. The molecule has 2 aromatic heterocycles. The second-order valence-electron chi connectivity index (χ2n) is 9.45. The summed E-state index contributed by atoms with van der Waals surface area (Å²) in [6, 6.07) is 17.2. The lowest BCUT2D eigenvalue weighted by Crippen LogP contribution is -2.46. The first kappa shape index (κ1) is 25.3. The van der Waals surface area contributed by atoms with Gasteiger partial charge in [-0.2, -0.15) is 0 Å². The molecule has 194 valence electrons. The molecule has 0 unspecified atom stereocenters. The van der Waals surface area contributed by atoms with Crippen molar-refractivity contribution in [2.24, 2.45) is 0 Å². The van der Waals surface area contributed by atoms with Gasteiger partial charge in [0.2, 0.25) is 0 Å². The highest BCUT2D eigenvalue weighted by atomic mass is 32.1. The Morgan fingerprint density at radius 1 is 1.03 bits per heavy atom. The fourth-order valence-corrected chi connectivity index (χ4v) is 5.72. The van der Waals surface area contributed by atoms with Crippen LogP contribution in [0.15, 0.2) is 64.8 Å². The van der Waals surface area contributed by atoms with Crippen LogP contribution in [-0.2, 0) is 0 Å². The minimum Gasteiger partial charge on any atom is -0.494 e. The predicted octanol–water partition coefficient (Wildman–Crippen LogP) is 5.17. The van der Waals surface area contributed by atoms with Crippen molar-refractivity contribution < 1.29 is 9.53 Å².